The van der Waals surface area contributed by atoms with Crippen molar-refractivity contribution in [1.29, 1.82) is 0 Å². The van der Waals surface area contributed by atoms with Crippen LogP contribution in [0.1, 0.15) is 0 Å². The molecule has 0 unspecified atom stereocenters. The Morgan fingerprint density at radius 1 is 0.246 bits per heavy atom. The van der Waals surface area contributed by atoms with Crippen molar-refractivity contribution in [2.45, 2.75) is 0 Å². The van der Waals surface area contributed by atoms with Gasteiger partial charge in [0.15, 0.2) is 17.5 Å². The highest BCUT2D eigenvalue weighted by Gasteiger charge is 2.25. The second kappa shape index (κ2) is 15.6. The standard InChI is InChI=1S/C63H40N6/c1-4-19-41(20-5-1)61-64-62(42-21-6-2-7-22-42)66-63(65-61)51-29-18-34-58(60(51)69-55-32-16-11-25-46(55)47-26-12-17-33-56(47)69)68-54-31-15-10-27-48(54)50-37-35-44(40-59(50)68)43-36-38-57-52(39-43)49-28-13-14-30-53(49)67(57)45-23-8-3-9-24-45/h1-40H. The molecule has 0 N–H and O–H groups in total. The van der Waals surface area contributed by atoms with Gasteiger partial charge in [0.1, 0.15) is 0 Å². The zero-order valence-electron chi connectivity index (χ0n) is 37.3. The maximum Gasteiger partial charge on any atom is 0.166 e. The van der Waals surface area contributed by atoms with Crippen LogP contribution in [0.3, 0.4) is 0 Å². The minimum atomic E-state index is 0.589. The molecule has 322 valence electrons. The van der Waals surface area contributed by atoms with Gasteiger partial charge in [-0.15, -0.1) is 0 Å². The SMILES string of the molecule is c1ccc(-c2nc(-c3ccccc3)nc(-c3cccc(-n4c5ccccc5c5ccc(-c6ccc7c(c6)c6ccccc6n7-c6ccccc6)cc54)c3-n3c4ccccc4c4ccccc43)n2)cc1. The molecular weight excluding hydrogens is 841 g/mol. The Bertz CT molecular complexity index is 4190. The molecule has 0 saturated heterocycles. The van der Waals surface area contributed by atoms with Gasteiger partial charge < -0.3 is 13.7 Å². The average Bonchev–Trinajstić information content (AvgIpc) is 4.06. The van der Waals surface area contributed by atoms with Crippen molar-refractivity contribution in [2.75, 3.05) is 0 Å². The first-order valence-electron chi connectivity index (χ1n) is 23.4. The van der Waals surface area contributed by atoms with E-state index < -0.39 is 0 Å². The molecule has 0 spiro atoms. The highest BCUT2D eigenvalue weighted by Crippen LogP contribution is 2.43. The third kappa shape index (κ3) is 6.16. The van der Waals surface area contributed by atoms with E-state index in [0.717, 1.165) is 66.9 Å². The van der Waals surface area contributed by atoms with Crippen molar-refractivity contribution in [3.8, 4) is 62.4 Å². The van der Waals surface area contributed by atoms with Gasteiger partial charge in [-0.3, -0.25) is 0 Å². The Labute approximate surface area is 397 Å². The highest BCUT2D eigenvalue weighted by atomic mass is 15.1. The third-order valence-corrected chi connectivity index (χ3v) is 13.7. The number of fused-ring (bicyclic) bond motifs is 9. The van der Waals surface area contributed by atoms with Gasteiger partial charge in [0.2, 0.25) is 0 Å². The van der Waals surface area contributed by atoms with Crippen molar-refractivity contribution in [1.82, 2.24) is 28.7 Å². The largest absolute Gasteiger partial charge is 0.309 e. The molecule has 0 radical (unpaired) electrons. The maximum absolute atomic E-state index is 5.35. The summed E-state index contributed by atoms with van der Waals surface area (Å²) in [6.07, 6.45) is 0. The Hall–Kier alpha value is -9.39. The zero-order chi connectivity index (χ0) is 45.4. The van der Waals surface area contributed by atoms with E-state index in [4.69, 9.17) is 15.0 Å². The van der Waals surface area contributed by atoms with Crippen LogP contribution in [0.5, 0.6) is 0 Å². The van der Waals surface area contributed by atoms with Crippen LogP contribution >= 0.6 is 0 Å². The van der Waals surface area contributed by atoms with Crippen LogP contribution in [0.4, 0.5) is 0 Å². The number of rotatable bonds is 7. The molecule has 6 nitrogen and oxygen atoms in total. The van der Waals surface area contributed by atoms with E-state index in [1.807, 2.05) is 36.4 Å². The van der Waals surface area contributed by atoms with Gasteiger partial charge in [-0.05, 0) is 77.9 Å². The molecule has 14 rings (SSSR count). The second-order valence-corrected chi connectivity index (χ2v) is 17.6. The van der Waals surface area contributed by atoms with E-state index in [2.05, 4.69) is 220 Å². The summed E-state index contributed by atoms with van der Waals surface area (Å²) in [6.45, 7) is 0. The molecule has 0 amide bonds. The number of benzene rings is 10. The summed E-state index contributed by atoms with van der Waals surface area (Å²) in [6, 6.07) is 86.4. The lowest BCUT2D eigenvalue weighted by Crippen LogP contribution is -2.08. The van der Waals surface area contributed by atoms with Crippen LogP contribution in [0.25, 0.3) is 128 Å². The van der Waals surface area contributed by atoms with Crippen LogP contribution < -0.4 is 0 Å². The van der Waals surface area contributed by atoms with Gasteiger partial charge in [-0.25, -0.2) is 15.0 Å². The second-order valence-electron chi connectivity index (χ2n) is 17.6. The number of hydrogen-bond acceptors (Lipinski definition) is 3. The molecule has 10 aromatic carbocycles. The monoisotopic (exact) mass is 880 g/mol. The molecule has 0 aliphatic rings. The molecule has 4 aromatic heterocycles. The van der Waals surface area contributed by atoms with Crippen LogP contribution in [-0.2, 0) is 0 Å². The summed E-state index contributed by atoms with van der Waals surface area (Å²) in [7, 11) is 0. The summed E-state index contributed by atoms with van der Waals surface area (Å²) in [4.78, 5) is 15.8. The van der Waals surface area contributed by atoms with E-state index in [1.165, 1.54) is 43.4 Å². The fraction of sp³-hybridized carbons (Fsp3) is 0. The van der Waals surface area contributed by atoms with E-state index in [9.17, 15) is 0 Å². The van der Waals surface area contributed by atoms with Crippen LogP contribution in [0.2, 0.25) is 0 Å². The smallest absolute Gasteiger partial charge is 0.166 e. The molecule has 0 aliphatic heterocycles. The van der Waals surface area contributed by atoms with Crippen LogP contribution in [0, 0.1) is 0 Å². The lowest BCUT2D eigenvalue weighted by Gasteiger charge is -2.20. The number of nitrogens with zero attached hydrogens (tertiary/aromatic N) is 6. The molecule has 0 atom stereocenters. The average molecular weight is 881 g/mol. The molecule has 6 heteroatoms. The first-order chi connectivity index (χ1) is 34.2. The maximum atomic E-state index is 5.35. The first kappa shape index (κ1) is 38.8. The Kier molecular flexibility index (Phi) is 8.79. The van der Waals surface area contributed by atoms with Crippen molar-refractivity contribution in [3.63, 3.8) is 0 Å². The van der Waals surface area contributed by atoms with E-state index in [-0.39, 0.29) is 0 Å². The molecule has 69 heavy (non-hydrogen) atoms. The normalized spacial score (nSPS) is 11.8. The van der Waals surface area contributed by atoms with Gasteiger partial charge in [0.25, 0.3) is 0 Å². The minimum Gasteiger partial charge on any atom is -0.309 e. The molecule has 4 heterocycles. The van der Waals surface area contributed by atoms with E-state index in [1.54, 1.807) is 0 Å². The number of aromatic nitrogens is 6. The Morgan fingerprint density at radius 3 is 1.28 bits per heavy atom. The third-order valence-electron chi connectivity index (χ3n) is 13.7. The molecule has 14 aromatic rings. The topological polar surface area (TPSA) is 53.5 Å². The summed E-state index contributed by atoms with van der Waals surface area (Å²) in [5, 5.41) is 7.15. The fourth-order valence-corrected chi connectivity index (χ4v) is 10.6. The molecular formula is C63H40N6. The number of hydrogen-bond donors (Lipinski definition) is 0. The van der Waals surface area contributed by atoms with Crippen LogP contribution in [0.15, 0.2) is 243 Å². The van der Waals surface area contributed by atoms with Crippen molar-refractivity contribution in [2.24, 2.45) is 0 Å². The zero-order valence-corrected chi connectivity index (χ0v) is 37.3. The van der Waals surface area contributed by atoms with E-state index >= 15 is 0 Å². The van der Waals surface area contributed by atoms with Gasteiger partial charge in [0, 0.05) is 54.7 Å². The predicted octanol–water partition coefficient (Wildman–Crippen LogP) is 15.8. The molecule has 0 aliphatic carbocycles. The summed E-state index contributed by atoms with van der Waals surface area (Å²) in [5.74, 6) is 1.82. The molecule has 0 fully saturated rings. The highest BCUT2D eigenvalue weighted by molar-refractivity contribution is 6.14. The van der Waals surface area contributed by atoms with Crippen LogP contribution in [-0.4, -0.2) is 28.7 Å². The summed E-state index contributed by atoms with van der Waals surface area (Å²) < 4.78 is 7.24. The molecule has 0 saturated carbocycles. The fourth-order valence-electron chi connectivity index (χ4n) is 10.6. The summed E-state index contributed by atoms with van der Waals surface area (Å²) >= 11 is 0. The molecule has 0 bridgehead atoms. The minimum absolute atomic E-state index is 0.589. The lowest BCUT2D eigenvalue weighted by molar-refractivity contribution is 1.05. The van der Waals surface area contributed by atoms with Crippen molar-refractivity contribution in [3.05, 3.63) is 243 Å². The Balaban J connectivity index is 1.06. The van der Waals surface area contributed by atoms with Gasteiger partial charge in [-0.1, -0.05) is 176 Å². The number of para-hydroxylation sites is 6. The Morgan fingerprint density at radius 2 is 0.681 bits per heavy atom. The summed E-state index contributed by atoms with van der Waals surface area (Å²) in [5.41, 5.74) is 14.9. The van der Waals surface area contributed by atoms with E-state index in [0.29, 0.717) is 17.5 Å². The van der Waals surface area contributed by atoms with Crippen molar-refractivity contribution >= 4 is 65.4 Å². The van der Waals surface area contributed by atoms with Crippen molar-refractivity contribution < 1.29 is 0 Å². The van der Waals surface area contributed by atoms with Gasteiger partial charge in [0.05, 0.1) is 44.5 Å². The lowest BCUT2D eigenvalue weighted by atomic mass is 10.0. The predicted molar refractivity (Wildman–Crippen MR) is 285 cm³/mol. The van der Waals surface area contributed by atoms with Gasteiger partial charge >= 0.3 is 0 Å². The first-order valence-corrected chi connectivity index (χ1v) is 23.4. The van der Waals surface area contributed by atoms with Gasteiger partial charge in [-0.2, -0.15) is 0 Å². The quantitative estimate of drug-likeness (QED) is 0.160.